The molecule has 3 rings (SSSR count). The molecule has 7 heteroatoms. The van der Waals surface area contributed by atoms with Crippen LogP contribution in [0.15, 0.2) is 16.2 Å². The van der Waals surface area contributed by atoms with Crippen molar-refractivity contribution in [2.45, 2.75) is 32.2 Å². The van der Waals surface area contributed by atoms with E-state index in [1.54, 1.807) is 4.57 Å². The zero-order valence-corrected chi connectivity index (χ0v) is 13.0. The maximum Gasteiger partial charge on any atom is 0.272 e. The first-order chi connectivity index (χ1) is 10.1. The third-order valence-electron chi connectivity index (χ3n) is 4.21. The lowest BCUT2D eigenvalue weighted by Gasteiger charge is -2.29. The minimum absolute atomic E-state index is 0.0502. The average Bonchev–Trinajstić information content (AvgIpc) is 2.92. The van der Waals surface area contributed by atoms with Gasteiger partial charge in [-0.2, -0.15) is 0 Å². The highest BCUT2D eigenvalue weighted by molar-refractivity contribution is 7.71. The van der Waals surface area contributed by atoms with Crippen LogP contribution in [0.4, 0.5) is 0 Å². The topological polar surface area (TPSA) is 77.9 Å². The molecule has 0 radical (unpaired) electrons. The second-order valence-corrected chi connectivity index (χ2v) is 6.85. The SMILES string of the molecule is O=C([O-])C1CCC(Cn2c(=S)[nH]c3ccsc3c2=O)CC1. The zero-order valence-electron chi connectivity index (χ0n) is 11.3. The van der Waals surface area contributed by atoms with Gasteiger partial charge in [-0.15, -0.1) is 11.3 Å². The Bertz CT molecular complexity index is 781. The van der Waals surface area contributed by atoms with Gasteiger partial charge in [0.15, 0.2) is 4.77 Å². The standard InChI is InChI=1S/C14H16N2O3S2/c17-12-11-10(5-6-21-11)15-14(20)16(12)7-8-1-3-9(4-2-8)13(18)19/h5-6,8-9H,1-4,7H2,(H,15,20)(H,18,19)/p-1. The highest BCUT2D eigenvalue weighted by Gasteiger charge is 2.23. The summed E-state index contributed by atoms with van der Waals surface area (Å²) in [5.41, 5.74) is 0.734. The predicted molar refractivity (Wildman–Crippen MR) is 81.7 cm³/mol. The van der Waals surface area contributed by atoms with Gasteiger partial charge in [-0.3, -0.25) is 9.36 Å². The van der Waals surface area contributed by atoms with Gasteiger partial charge in [0.1, 0.15) is 4.70 Å². The summed E-state index contributed by atoms with van der Waals surface area (Å²) in [6, 6.07) is 1.85. The molecule has 5 nitrogen and oxygen atoms in total. The minimum atomic E-state index is -0.956. The predicted octanol–water partition coefficient (Wildman–Crippen LogP) is 1.68. The van der Waals surface area contributed by atoms with Crippen LogP contribution in [0.2, 0.25) is 0 Å². The molecule has 1 fully saturated rings. The number of thiophene rings is 1. The first kappa shape index (κ1) is 14.5. The third-order valence-corrected chi connectivity index (χ3v) is 5.44. The number of hydrogen-bond donors (Lipinski definition) is 1. The molecular formula is C14H15N2O3S2-. The van der Waals surface area contributed by atoms with Gasteiger partial charge >= 0.3 is 0 Å². The van der Waals surface area contributed by atoms with Crippen LogP contribution in [-0.2, 0) is 11.3 Å². The van der Waals surface area contributed by atoms with Gasteiger partial charge in [0.25, 0.3) is 5.56 Å². The molecule has 112 valence electrons. The number of aromatic amines is 1. The van der Waals surface area contributed by atoms with Crippen molar-refractivity contribution in [3.63, 3.8) is 0 Å². The molecule has 1 N–H and O–H groups in total. The molecule has 0 aromatic carbocycles. The van der Waals surface area contributed by atoms with Crippen molar-refractivity contribution >= 4 is 39.7 Å². The smallest absolute Gasteiger partial charge is 0.272 e. The van der Waals surface area contributed by atoms with Gasteiger partial charge in [0.2, 0.25) is 0 Å². The number of carbonyl (C=O) groups excluding carboxylic acids is 1. The molecule has 2 aromatic rings. The van der Waals surface area contributed by atoms with Crippen molar-refractivity contribution in [3.8, 4) is 0 Å². The molecule has 0 unspecified atom stereocenters. The summed E-state index contributed by atoms with van der Waals surface area (Å²) in [6.45, 7) is 0.557. The van der Waals surface area contributed by atoms with Crippen molar-refractivity contribution in [1.29, 1.82) is 0 Å². The van der Waals surface area contributed by atoms with E-state index < -0.39 is 5.97 Å². The molecule has 1 saturated carbocycles. The summed E-state index contributed by atoms with van der Waals surface area (Å²) in [5.74, 6) is -0.999. The normalized spacial score (nSPS) is 22.5. The zero-order chi connectivity index (χ0) is 15.0. The van der Waals surface area contributed by atoms with Crippen LogP contribution >= 0.6 is 23.6 Å². The number of aromatic nitrogens is 2. The summed E-state index contributed by atoms with van der Waals surface area (Å²) in [6.07, 6.45) is 2.84. The molecule has 21 heavy (non-hydrogen) atoms. The lowest BCUT2D eigenvalue weighted by Crippen LogP contribution is -2.35. The number of hydrogen-bond acceptors (Lipinski definition) is 5. The number of carbonyl (C=O) groups is 1. The molecule has 0 aliphatic heterocycles. The summed E-state index contributed by atoms with van der Waals surface area (Å²) in [7, 11) is 0. The lowest BCUT2D eigenvalue weighted by molar-refractivity contribution is -0.312. The van der Waals surface area contributed by atoms with E-state index in [2.05, 4.69) is 4.98 Å². The van der Waals surface area contributed by atoms with Crippen LogP contribution in [-0.4, -0.2) is 15.5 Å². The van der Waals surface area contributed by atoms with Crippen LogP contribution < -0.4 is 10.7 Å². The Morgan fingerprint density at radius 3 is 2.81 bits per heavy atom. The van der Waals surface area contributed by atoms with Crippen LogP contribution in [0.1, 0.15) is 25.7 Å². The Morgan fingerprint density at radius 1 is 1.43 bits per heavy atom. The summed E-state index contributed by atoms with van der Waals surface area (Å²) in [4.78, 5) is 26.4. The largest absolute Gasteiger partial charge is 0.550 e. The number of carboxylic acids is 1. The molecule has 0 saturated heterocycles. The van der Waals surface area contributed by atoms with Crippen molar-refractivity contribution in [3.05, 3.63) is 26.6 Å². The fourth-order valence-electron chi connectivity index (χ4n) is 2.98. The first-order valence-electron chi connectivity index (χ1n) is 6.97. The van der Waals surface area contributed by atoms with E-state index in [0.29, 0.717) is 34.8 Å². The van der Waals surface area contributed by atoms with Gasteiger partial charge in [-0.05, 0) is 61.2 Å². The van der Waals surface area contributed by atoms with Crippen molar-refractivity contribution in [2.75, 3.05) is 0 Å². The monoisotopic (exact) mass is 323 g/mol. The van der Waals surface area contributed by atoms with E-state index >= 15 is 0 Å². The fourth-order valence-corrected chi connectivity index (χ4v) is 4.04. The van der Waals surface area contributed by atoms with Crippen molar-refractivity contribution in [1.82, 2.24) is 9.55 Å². The second kappa shape index (κ2) is 5.73. The number of H-pyrrole nitrogens is 1. The van der Waals surface area contributed by atoms with Crippen LogP contribution in [0.25, 0.3) is 10.2 Å². The number of nitrogens with one attached hydrogen (secondary N) is 1. The highest BCUT2D eigenvalue weighted by Crippen LogP contribution is 2.29. The number of rotatable bonds is 3. The van der Waals surface area contributed by atoms with E-state index in [1.165, 1.54) is 11.3 Å². The van der Waals surface area contributed by atoms with E-state index in [1.807, 2.05) is 11.4 Å². The molecule has 0 atom stereocenters. The van der Waals surface area contributed by atoms with Crippen LogP contribution in [0.5, 0.6) is 0 Å². The molecule has 2 heterocycles. The van der Waals surface area contributed by atoms with Crippen LogP contribution in [0.3, 0.4) is 0 Å². The number of aliphatic carboxylic acids is 1. The third kappa shape index (κ3) is 2.80. The van der Waals surface area contributed by atoms with Gasteiger partial charge in [0.05, 0.1) is 5.52 Å². The average molecular weight is 323 g/mol. The van der Waals surface area contributed by atoms with E-state index in [4.69, 9.17) is 12.2 Å². The quantitative estimate of drug-likeness (QED) is 0.872. The van der Waals surface area contributed by atoms with Gasteiger partial charge in [0, 0.05) is 12.5 Å². The van der Waals surface area contributed by atoms with Crippen molar-refractivity contribution < 1.29 is 9.90 Å². The Morgan fingerprint density at radius 2 is 2.14 bits per heavy atom. The maximum absolute atomic E-state index is 12.4. The lowest BCUT2D eigenvalue weighted by atomic mass is 9.82. The molecular weight excluding hydrogens is 308 g/mol. The maximum atomic E-state index is 12.4. The van der Waals surface area contributed by atoms with E-state index in [-0.39, 0.29) is 11.5 Å². The Labute approximate surface area is 130 Å². The number of carboxylic acid groups (broad SMARTS) is 1. The molecule has 1 aliphatic carbocycles. The molecule has 0 amide bonds. The summed E-state index contributed by atoms with van der Waals surface area (Å²) < 4.78 is 2.73. The Kier molecular flexibility index (Phi) is 3.95. The van der Waals surface area contributed by atoms with E-state index in [0.717, 1.165) is 18.4 Å². The molecule has 1 aliphatic rings. The summed E-state index contributed by atoms with van der Waals surface area (Å²) in [5, 5.41) is 12.7. The first-order valence-corrected chi connectivity index (χ1v) is 8.26. The molecule has 0 spiro atoms. The van der Waals surface area contributed by atoms with Gasteiger partial charge in [-0.1, -0.05) is 0 Å². The Hall–Kier alpha value is -1.47. The minimum Gasteiger partial charge on any atom is -0.550 e. The Balaban J connectivity index is 1.81. The van der Waals surface area contributed by atoms with Crippen molar-refractivity contribution in [2.24, 2.45) is 11.8 Å². The molecule has 0 bridgehead atoms. The summed E-state index contributed by atoms with van der Waals surface area (Å²) >= 11 is 6.68. The van der Waals surface area contributed by atoms with Gasteiger partial charge < -0.3 is 14.9 Å². The van der Waals surface area contributed by atoms with E-state index in [9.17, 15) is 14.7 Å². The number of nitrogens with zero attached hydrogens (tertiary/aromatic N) is 1. The fraction of sp³-hybridized carbons (Fsp3) is 0.500. The van der Waals surface area contributed by atoms with Gasteiger partial charge in [-0.25, -0.2) is 0 Å². The second-order valence-electron chi connectivity index (χ2n) is 5.55. The van der Waals surface area contributed by atoms with Crippen LogP contribution in [0, 0.1) is 16.6 Å². The number of fused-ring (bicyclic) bond motifs is 1. The highest BCUT2D eigenvalue weighted by atomic mass is 32.1. The molecule has 2 aromatic heterocycles.